The molecule has 17 heavy (non-hydrogen) atoms. The molecule has 0 aliphatic heterocycles. The summed E-state index contributed by atoms with van der Waals surface area (Å²) in [5.41, 5.74) is 0.624. The highest BCUT2D eigenvalue weighted by Crippen LogP contribution is 2.29. The lowest BCUT2D eigenvalue weighted by molar-refractivity contribution is 0.224. The Bertz CT molecular complexity index is 393. The van der Waals surface area contributed by atoms with E-state index in [1.807, 2.05) is 6.92 Å². The van der Waals surface area contributed by atoms with Crippen LogP contribution in [0.4, 0.5) is 10.5 Å². The number of carbonyl (C=O) groups excluding carboxylic acids is 1. The van der Waals surface area contributed by atoms with Crippen LogP contribution in [0.1, 0.15) is 6.92 Å². The third-order valence-electron chi connectivity index (χ3n) is 2.47. The summed E-state index contributed by atoms with van der Waals surface area (Å²) in [6.07, 6.45) is 0. The van der Waals surface area contributed by atoms with E-state index in [1.54, 1.807) is 44.4 Å². The molecule has 0 bridgehead atoms. The van der Waals surface area contributed by atoms with Gasteiger partial charge in [-0.1, -0.05) is 0 Å². The van der Waals surface area contributed by atoms with Crippen LogP contribution in [0.2, 0.25) is 0 Å². The number of rotatable bonds is 4. The Hall–Kier alpha value is -1.91. The first kappa shape index (κ1) is 13.2. The van der Waals surface area contributed by atoms with E-state index < -0.39 is 0 Å². The van der Waals surface area contributed by atoms with Gasteiger partial charge in [0.05, 0.1) is 19.9 Å². The molecule has 2 amide bonds. The quantitative estimate of drug-likeness (QED) is 0.874. The third-order valence-corrected chi connectivity index (χ3v) is 2.47. The SMILES string of the molecule is CCN(C)C(=O)Nc1ccc(OC)cc1OC. The van der Waals surface area contributed by atoms with Gasteiger partial charge in [-0.3, -0.25) is 0 Å². The van der Waals surface area contributed by atoms with Gasteiger partial charge in [0.1, 0.15) is 11.5 Å². The lowest BCUT2D eigenvalue weighted by atomic mass is 10.2. The Morgan fingerprint density at radius 1 is 1.35 bits per heavy atom. The highest BCUT2D eigenvalue weighted by molar-refractivity contribution is 5.90. The summed E-state index contributed by atoms with van der Waals surface area (Å²) in [6.45, 7) is 2.55. The predicted molar refractivity (Wildman–Crippen MR) is 66.9 cm³/mol. The van der Waals surface area contributed by atoms with E-state index in [2.05, 4.69) is 5.32 Å². The van der Waals surface area contributed by atoms with Crippen molar-refractivity contribution in [1.29, 1.82) is 0 Å². The number of anilines is 1. The molecule has 1 aromatic rings. The van der Waals surface area contributed by atoms with Crippen LogP contribution in [0, 0.1) is 0 Å². The Balaban J connectivity index is 2.87. The summed E-state index contributed by atoms with van der Waals surface area (Å²) >= 11 is 0. The van der Waals surface area contributed by atoms with Crippen molar-refractivity contribution in [2.45, 2.75) is 6.92 Å². The molecule has 0 saturated heterocycles. The largest absolute Gasteiger partial charge is 0.497 e. The molecular formula is C12H18N2O3. The maximum absolute atomic E-state index is 11.7. The first-order valence-electron chi connectivity index (χ1n) is 5.36. The molecule has 0 spiro atoms. The van der Waals surface area contributed by atoms with Crippen LogP contribution < -0.4 is 14.8 Å². The zero-order valence-corrected chi connectivity index (χ0v) is 10.6. The second-order valence-corrected chi connectivity index (χ2v) is 3.51. The van der Waals surface area contributed by atoms with Gasteiger partial charge in [-0.2, -0.15) is 0 Å². The summed E-state index contributed by atoms with van der Waals surface area (Å²) in [4.78, 5) is 13.3. The van der Waals surface area contributed by atoms with Crippen molar-refractivity contribution in [2.24, 2.45) is 0 Å². The van der Waals surface area contributed by atoms with Crippen LogP contribution in [0.3, 0.4) is 0 Å². The van der Waals surface area contributed by atoms with Gasteiger partial charge in [0.25, 0.3) is 0 Å². The number of ether oxygens (including phenoxy) is 2. The van der Waals surface area contributed by atoms with Gasteiger partial charge in [0.15, 0.2) is 0 Å². The number of benzene rings is 1. The molecule has 0 aliphatic carbocycles. The Kier molecular flexibility index (Phi) is 4.63. The number of methoxy groups -OCH3 is 2. The molecule has 0 radical (unpaired) electrons. The van der Waals surface area contributed by atoms with Gasteiger partial charge < -0.3 is 19.7 Å². The first-order valence-corrected chi connectivity index (χ1v) is 5.36. The predicted octanol–water partition coefficient (Wildman–Crippen LogP) is 2.19. The van der Waals surface area contributed by atoms with Crippen molar-refractivity contribution in [3.63, 3.8) is 0 Å². The first-order chi connectivity index (χ1) is 8.12. The maximum Gasteiger partial charge on any atom is 0.321 e. The molecule has 0 atom stereocenters. The molecule has 1 aromatic carbocycles. The van der Waals surface area contributed by atoms with Crippen molar-refractivity contribution in [3.8, 4) is 11.5 Å². The van der Waals surface area contributed by atoms with Gasteiger partial charge in [-0.05, 0) is 19.1 Å². The van der Waals surface area contributed by atoms with Crippen LogP contribution in [0.5, 0.6) is 11.5 Å². The van der Waals surface area contributed by atoms with Gasteiger partial charge in [-0.25, -0.2) is 4.79 Å². The van der Waals surface area contributed by atoms with Gasteiger partial charge in [0.2, 0.25) is 0 Å². The number of hydrogen-bond donors (Lipinski definition) is 1. The fourth-order valence-corrected chi connectivity index (χ4v) is 1.26. The van der Waals surface area contributed by atoms with E-state index in [0.717, 1.165) is 0 Å². The molecule has 0 fully saturated rings. The number of amides is 2. The summed E-state index contributed by atoms with van der Waals surface area (Å²) in [5.74, 6) is 1.26. The molecular weight excluding hydrogens is 220 g/mol. The fraction of sp³-hybridized carbons (Fsp3) is 0.417. The Labute approximate surface area is 101 Å². The topological polar surface area (TPSA) is 50.8 Å². The number of nitrogens with one attached hydrogen (secondary N) is 1. The second kappa shape index (κ2) is 5.98. The van der Waals surface area contributed by atoms with E-state index in [4.69, 9.17) is 9.47 Å². The molecule has 0 heterocycles. The molecule has 0 unspecified atom stereocenters. The molecule has 5 heteroatoms. The van der Waals surface area contributed by atoms with Crippen LogP contribution in [-0.2, 0) is 0 Å². The molecule has 0 aromatic heterocycles. The Morgan fingerprint density at radius 2 is 2.06 bits per heavy atom. The normalized spacial score (nSPS) is 9.65. The number of nitrogens with zero attached hydrogens (tertiary/aromatic N) is 1. The van der Waals surface area contributed by atoms with Gasteiger partial charge in [-0.15, -0.1) is 0 Å². The van der Waals surface area contributed by atoms with Crippen LogP contribution in [-0.4, -0.2) is 38.7 Å². The van der Waals surface area contributed by atoms with Crippen molar-refractivity contribution >= 4 is 11.7 Å². The fourth-order valence-electron chi connectivity index (χ4n) is 1.26. The molecule has 0 saturated carbocycles. The highest BCUT2D eigenvalue weighted by Gasteiger charge is 2.10. The highest BCUT2D eigenvalue weighted by atomic mass is 16.5. The molecule has 1 rings (SSSR count). The van der Waals surface area contributed by atoms with Crippen LogP contribution in [0.15, 0.2) is 18.2 Å². The molecule has 0 aliphatic rings. The molecule has 94 valence electrons. The maximum atomic E-state index is 11.7. The van der Waals surface area contributed by atoms with E-state index >= 15 is 0 Å². The lowest BCUT2D eigenvalue weighted by Gasteiger charge is -2.17. The van der Waals surface area contributed by atoms with E-state index in [1.165, 1.54) is 0 Å². The smallest absolute Gasteiger partial charge is 0.321 e. The zero-order chi connectivity index (χ0) is 12.8. The zero-order valence-electron chi connectivity index (χ0n) is 10.6. The van der Waals surface area contributed by atoms with E-state index in [9.17, 15) is 4.79 Å². The minimum Gasteiger partial charge on any atom is -0.497 e. The monoisotopic (exact) mass is 238 g/mol. The average Bonchev–Trinajstić information content (AvgIpc) is 2.37. The summed E-state index contributed by atoms with van der Waals surface area (Å²) < 4.78 is 10.3. The standard InChI is InChI=1S/C12H18N2O3/c1-5-14(2)12(15)13-10-7-6-9(16-3)8-11(10)17-4/h6-8H,5H2,1-4H3,(H,13,15). The minimum atomic E-state index is -0.170. The van der Waals surface area contributed by atoms with Gasteiger partial charge >= 0.3 is 6.03 Å². The average molecular weight is 238 g/mol. The van der Waals surface area contributed by atoms with E-state index in [-0.39, 0.29) is 6.03 Å². The van der Waals surface area contributed by atoms with Crippen molar-refractivity contribution in [3.05, 3.63) is 18.2 Å². The second-order valence-electron chi connectivity index (χ2n) is 3.51. The van der Waals surface area contributed by atoms with E-state index in [0.29, 0.717) is 23.7 Å². The summed E-state index contributed by atoms with van der Waals surface area (Å²) in [7, 11) is 4.86. The molecule has 1 N–H and O–H groups in total. The number of hydrogen-bond acceptors (Lipinski definition) is 3. The summed E-state index contributed by atoms with van der Waals surface area (Å²) in [5, 5.41) is 2.77. The van der Waals surface area contributed by atoms with Crippen LogP contribution in [0.25, 0.3) is 0 Å². The van der Waals surface area contributed by atoms with Crippen molar-refractivity contribution in [1.82, 2.24) is 4.90 Å². The minimum absolute atomic E-state index is 0.170. The Morgan fingerprint density at radius 3 is 2.59 bits per heavy atom. The van der Waals surface area contributed by atoms with Crippen molar-refractivity contribution < 1.29 is 14.3 Å². The number of urea groups is 1. The lowest BCUT2D eigenvalue weighted by Crippen LogP contribution is -2.31. The van der Waals surface area contributed by atoms with Crippen molar-refractivity contribution in [2.75, 3.05) is 33.1 Å². The number of carbonyl (C=O) groups is 1. The van der Waals surface area contributed by atoms with Crippen LogP contribution >= 0.6 is 0 Å². The third kappa shape index (κ3) is 3.27. The molecule has 5 nitrogen and oxygen atoms in total. The summed E-state index contributed by atoms with van der Waals surface area (Å²) in [6, 6.07) is 5.07. The van der Waals surface area contributed by atoms with Gasteiger partial charge in [0, 0.05) is 19.7 Å².